The van der Waals surface area contributed by atoms with Crippen LogP contribution >= 0.6 is 0 Å². The third-order valence-corrected chi connectivity index (χ3v) is 4.77. The van der Waals surface area contributed by atoms with E-state index in [0.717, 1.165) is 30.8 Å². The predicted molar refractivity (Wildman–Crippen MR) is 127 cm³/mol. The molecule has 0 spiro atoms. The van der Waals surface area contributed by atoms with Crippen LogP contribution in [0.3, 0.4) is 0 Å². The lowest BCUT2D eigenvalue weighted by Gasteiger charge is -2.37. The van der Waals surface area contributed by atoms with Crippen molar-refractivity contribution in [3.63, 3.8) is 0 Å². The van der Waals surface area contributed by atoms with E-state index in [2.05, 4.69) is 13.8 Å². The van der Waals surface area contributed by atoms with Gasteiger partial charge < -0.3 is 19.6 Å². The molecule has 1 N–H and O–H groups in total. The van der Waals surface area contributed by atoms with Crippen LogP contribution in [0.25, 0.3) is 0 Å². The standard InChI is InChI=1S/C12H23NO2.C11H10N2O3.C2H6/c1-11(2,3)15-10(14)13-8-6-12(4,5)7-9-13;12-5-9-3-1-2-4-10(9)6-13(8-14)7-11(15)16;1-2/h6-9H2,1-5H3;1-4,8H,6-7H2,(H,15,16);1-2H3. The van der Waals surface area contributed by atoms with E-state index in [9.17, 15) is 14.4 Å². The molecule has 1 heterocycles. The quantitative estimate of drug-likeness (QED) is 0.638. The van der Waals surface area contributed by atoms with E-state index in [1.54, 1.807) is 24.3 Å². The van der Waals surface area contributed by atoms with E-state index in [1.165, 1.54) is 0 Å². The molecule has 33 heavy (non-hydrogen) atoms. The van der Waals surface area contributed by atoms with Gasteiger partial charge in [-0.25, -0.2) is 4.79 Å². The van der Waals surface area contributed by atoms with Crippen LogP contribution in [-0.4, -0.2) is 58.6 Å². The maximum absolute atomic E-state index is 11.7. The maximum Gasteiger partial charge on any atom is 0.410 e. The molecule has 1 saturated heterocycles. The highest BCUT2D eigenvalue weighted by Crippen LogP contribution is 2.30. The van der Waals surface area contributed by atoms with Crippen LogP contribution in [0, 0.1) is 16.7 Å². The van der Waals surface area contributed by atoms with E-state index in [1.807, 2.05) is 45.6 Å². The molecule has 184 valence electrons. The number of carboxylic acids is 1. The van der Waals surface area contributed by atoms with Crippen molar-refractivity contribution in [3.05, 3.63) is 35.4 Å². The minimum Gasteiger partial charge on any atom is -0.480 e. The Morgan fingerprint density at radius 3 is 2.21 bits per heavy atom. The summed E-state index contributed by atoms with van der Waals surface area (Å²) >= 11 is 0. The second kappa shape index (κ2) is 14.1. The van der Waals surface area contributed by atoms with Crippen LogP contribution in [0.15, 0.2) is 24.3 Å². The third kappa shape index (κ3) is 12.5. The van der Waals surface area contributed by atoms with Gasteiger partial charge in [-0.1, -0.05) is 45.9 Å². The van der Waals surface area contributed by atoms with Gasteiger partial charge >= 0.3 is 12.1 Å². The van der Waals surface area contributed by atoms with Gasteiger partial charge in [-0.2, -0.15) is 5.26 Å². The first-order valence-electron chi connectivity index (χ1n) is 11.2. The zero-order chi connectivity index (χ0) is 25.7. The maximum atomic E-state index is 11.7. The average molecular weight is 462 g/mol. The summed E-state index contributed by atoms with van der Waals surface area (Å²) in [6.45, 7) is 15.6. The predicted octanol–water partition coefficient (Wildman–Crippen LogP) is 4.67. The van der Waals surface area contributed by atoms with Crippen LogP contribution in [0.2, 0.25) is 0 Å². The van der Waals surface area contributed by atoms with Gasteiger partial charge in [0, 0.05) is 19.6 Å². The molecular formula is C25H39N3O5. The fourth-order valence-electron chi connectivity index (χ4n) is 2.91. The summed E-state index contributed by atoms with van der Waals surface area (Å²) in [6, 6.07) is 8.75. The number of amides is 2. The number of nitrogens with zero attached hydrogens (tertiary/aromatic N) is 3. The molecule has 2 rings (SSSR count). The Bertz CT molecular complexity index is 799. The van der Waals surface area contributed by atoms with Gasteiger partial charge in [0.15, 0.2) is 0 Å². The minimum absolute atomic E-state index is 0.125. The Kier molecular flexibility index (Phi) is 12.8. The highest BCUT2D eigenvalue weighted by atomic mass is 16.6. The number of benzene rings is 1. The zero-order valence-corrected chi connectivity index (χ0v) is 21.1. The van der Waals surface area contributed by atoms with Gasteiger partial charge in [-0.05, 0) is 50.7 Å². The molecule has 8 heteroatoms. The Morgan fingerprint density at radius 2 is 1.76 bits per heavy atom. The fraction of sp³-hybridized carbons (Fsp3) is 0.600. The Balaban J connectivity index is 0.000000578. The van der Waals surface area contributed by atoms with Crippen molar-refractivity contribution >= 4 is 18.5 Å². The lowest BCUT2D eigenvalue weighted by Crippen LogP contribution is -2.43. The monoisotopic (exact) mass is 461 g/mol. The molecule has 0 bridgehead atoms. The van der Waals surface area contributed by atoms with Crippen molar-refractivity contribution in [1.29, 1.82) is 5.26 Å². The van der Waals surface area contributed by atoms with Crippen LogP contribution < -0.4 is 0 Å². The van der Waals surface area contributed by atoms with Crippen molar-refractivity contribution in [2.45, 2.75) is 73.5 Å². The number of piperidine rings is 1. The Labute approximate surface area is 198 Å². The second-order valence-corrected chi connectivity index (χ2v) is 9.30. The summed E-state index contributed by atoms with van der Waals surface area (Å²) in [7, 11) is 0. The van der Waals surface area contributed by atoms with E-state index >= 15 is 0 Å². The number of hydrogen-bond donors (Lipinski definition) is 1. The van der Waals surface area contributed by atoms with Crippen molar-refractivity contribution in [2.24, 2.45) is 5.41 Å². The fourth-order valence-corrected chi connectivity index (χ4v) is 2.91. The number of ether oxygens (including phenoxy) is 1. The lowest BCUT2D eigenvalue weighted by atomic mass is 9.83. The summed E-state index contributed by atoms with van der Waals surface area (Å²) in [5.74, 6) is -1.08. The average Bonchev–Trinajstić information content (AvgIpc) is 2.74. The van der Waals surface area contributed by atoms with Crippen molar-refractivity contribution < 1.29 is 24.2 Å². The minimum atomic E-state index is -1.08. The normalized spacial score (nSPS) is 14.3. The molecule has 1 aromatic carbocycles. The molecule has 0 radical (unpaired) electrons. The van der Waals surface area contributed by atoms with E-state index in [0.29, 0.717) is 23.0 Å². The van der Waals surface area contributed by atoms with Gasteiger partial charge in [-0.3, -0.25) is 9.59 Å². The molecule has 8 nitrogen and oxygen atoms in total. The molecular weight excluding hydrogens is 422 g/mol. The Morgan fingerprint density at radius 1 is 1.21 bits per heavy atom. The van der Waals surface area contributed by atoms with Crippen LogP contribution in [0.1, 0.15) is 72.4 Å². The van der Waals surface area contributed by atoms with E-state index in [4.69, 9.17) is 15.1 Å². The molecule has 1 fully saturated rings. The summed E-state index contributed by atoms with van der Waals surface area (Å²) < 4.78 is 5.33. The molecule has 0 atom stereocenters. The second-order valence-electron chi connectivity index (χ2n) is 9.30. The van der Waals surface area contributed by atoms with E-state index in [-0.39, 0.29) is 24.8 Å². The highest BCUT2D eigenvalue weighted by molar-refractivity contribution is 5.72. The summed E-state index contributed by atoms with van der Waals surface area (Å²) in [6.07, 6.45) is 2.42. The Hall–Kier alpha value is -3.08. The van der Waals surface area contributed by atoms with Crippen LogP contribution in [-0.2, 0) is 20.9 Å². The van der Waals surface area contributed by atoms with Crippen molar-refractivity contribution in [1.82, 2.24) is 9.80 Å². The first kappa shape index (κ1) is 29.9. The topological polar surface area (TPSA) is 111 Å². The molecule has 0 unspecified atom stereocenters. The van der Waals surface area contributed by atoms with E-state index < -0.39 is 5.97 Å². The molecule has 0 saturated carbocycles. The third-order valence-electron chi connectivity index (χ3n) is 4.77. The first-order valence-corrected chi connectivity index (χ1v) is 11.2. The van der Waals surface area contributed by atoms with Gasteiger partial charge in [0.25, 0.3) is 0 Å². The largest absolute Gasteiger partial charge is 0.480 e. The molecule has 0 aromatic heterocycles. The molecule has 0 aliphatic carbocycles. The number of rotatable bonds is 5. The smallest absolute Gasteiger partial charge is 0.410 e. The summed E-state index contributed by atoms with van der Waals surface area (Å²) in [4.78, 5) is 35.7. The lowest BCUT2D eigenvalue weighted by molar-refractivity contribution is -0.141. The number of carbonyl (C=O) groups is 3. The van der Waals surface area contributed by atoms with Gasteiger partial charge in [0.2, 0.25) is 6.41 Å². The molecule has 1 aromatic rings. The number of likely N-dealkylation sites (tertiary alicyclic amines) is 1. The van der Waals surface area contributed by atoms with Gasteiger partial charge in [0.1, 0.15) is 12.1 Å². The van der Waals surface area contributed by atoms with Crippen LogP contribution in [0.4, 0.5) is 4.79 Å². The molecule has 1 aliphatic heterocycles. The summed E-state index contributed by atoms with van der Waals surface area (Å²) in [5, 5.41) is 17.4. The van der Waals surface area contributed by atoms with Crippen molar-refractivity contribution in [2.75, 3.05) is 19.6 Å². The SMILES string of the molecule is CC.CC1(C)CCN(C(=O)OC(C)(C)C)CC1.N#Cc1ccccc1CN(C=O)CC(=O)O. The summed E-state index contributed by atoms with van der Waals surface area (Å²) in [5.41, 5.74) is 1.07. The first-order chi connectivity index (χ1) is 15.4. The van der Waals surface area contributed by atoms with Gasteiger partial charge in [-0.15, -0.1) is 0 Å². The van der Waals surface area contributed by atoms with Crippen molar-refractivity contribution in [3.8, 4) is 6.07 Å². The van der Waals surface area contributed by atoms with Crippen LogP contribution in [0.5, 0.6) is 0 Å². The number of aliphatic carboxylic acids is 1. The molecule has 2 amide bonds. The number of carbonyl (C=O) groups excluding carboxylic acids is 2. The number of hydrogen-bond acceptors (Lipinski definition) is 5. The number of nitriles is 1. The highest BCUT2D eigenvalue weighted by Gasteiger charge is 2.30. The molecule has 1 aliphatic rings. The zero-order valence-electron chi connectivity index (χ0n) is 21.1. The number of carboxylic acid groups (broad SMARTS) is 1. The van der Waals surface area contributed by atoms with Gasteiger partial charge in [0.05, 0.1) is 11.6 Å².